The van der Waals surface area contributed by atoms with Gasteiger partial charge in [-0.2, -0.15) is 0 Å². The van der Waals surface area contributed by atoms with Crippen molar-refractivity contribution in [1.82, 2.24) is 24.7 Å². The molecule has 2 amide bonds. The van der Waals surface area contributed by atoms with E-state index >= 15 is 0 Å². The Balaban J connectivity index is 1.73. The summed E-state index contributed by atoms with van der Waals surface area (Å²) in [6, 6.07) is -0.0147. The average Bonchev–Trinajstić information content (AvgIpc) is 2.97. The predicted molar refractivity (Wildman–Crippen MR) is 121 cm³/mol. The Morgan fingerprint density at radius 3 is 2.31 bits per heavy atom. The SMILES string of the molecule is CN1CCCn2c(-c3cc(F)c(F)cc3F)nc(C(=O)N[C@H](C(=O)N3CC(F)(F)C3)C(C)(C)C)c2C1. The van der Waals surface area contributed by atoms with Crippen LogP contribution in [0.15, 0.2) is 12.1 Å². The second kappa shape index (κ2) is 9.13. The Hall–Kier alpha value is -3.02. The maximum absolute atomic E-state index is 14.7. The van der Waals surface area contributed by atoms with Crippen molar-refractivity contribution in [2.24, 2.45) is 5.41 Å². The second-order valence-electron chi connectivity index (χ2n) is 10.5. The molecule has 1 saturated heterocycles. The van der Waals surface area contributed by atoms with Crippen molar-refractivity contribution in [2.75, 3.05) is 26.7 Å². The molecule has 0 saturated carbocycles. The molecule has 0 unspecified atom stereocenters. The highest BCUT2D eigenvalue weighted by Gasteiger charge is 2.49. The molecule has 12 heteroatoms. The third-order valence-corrected chi connectivity index (χ3v) is 6.42. The smallest absolute Gasteiger partial charge is 0.282 e. The standard InChI is InChI=1S/C24H28F5N5O2/c1-23(2,3)19(22(36)33-11-24(28,29)12-33)31-21(35)18-17-10-32(4)6-5-7-34(17)20(30-18)13-8-15(26)16(27)9-14(13)25/h8-9,19H,5-7,10-12H2,1-4H3,(H,31,35)/t19-/m1/s1. The highest BCUT2D eigenvalue weighted by atomic mass is 19.3. The number of aromatic nitrogens is 2. The van der Waals surface area contributed by atoms with Crippen LogP contribution in [0.3, 0.4) is 0 Å². The lowest BCUT2D eigenvalue weighted by atomic mass is 9.85. The number of fused-ring (bicyclic) bond motifs is 1. The summed E-state index contributed by atoms with van der Waals surface area (Å²) in [7, 11) is 1.83. The van der Waals surface area contributed by atoms with Crippen LogP contribution >= 0.6 is 0 Å². The normalized spacial score (nSPS) is 18.8. The summed E-state index contributed by atoms with van der Waals surface area (Å²) in [5, 5.41) is 2.64. The Kier molecular flexibility index (Phi) is 6.61. The number of carbonyl (C=O) groups is 2. The number of hydrogen-bond donors (Lipinski definition) is 1. The van der Waals surface area contributed by atoms with Crippen molar-refractivity contribution in [3.8, 4) is 11.4 Å². The van der Waals surface area contributed by atoms with Crippen molar-refractivity contribution in [2.45, 2.75) is 52.2 Å². The number of likely N-dealkylation sites (tertiary alicyclic amines) is 1. The Labute approximate surface area is 205 Å². The summed E-state index contributed by atoms with van der Waals surface area (Å²) in [6.07, 6.45) is 0.630. The molecular formula is C24H28F5N5O2. The molecule has 3 heterocycles. The molecule has 0 bridgehead atoms. The Morgan fingerprint density at radius 2 is 1.69 bits per heavy atom. The van der Waals surface area contributed by atoms with E-state index in [9.17, 15) is 31.5 Å². The number of nitrogens with zero attached hydrogens (tertiary/aromatic N) is 4. The molecule has 1 fully saturated rings. The largest absolute Gasteiger partial charge is 0.338 e. The Morgan fingerprint density at radius 1 is 1.06 bits per heavy atom. The summed E-state index contributed by atoms with van der Waals surface area (Å²) in [5.74, 6) is -8.03. The van der Waals surface area contributed by atoms with E-state index in [-0.39, 0.29) is 23.6 Å². The molecule has 1 atom stereocenters. The minimum Gasteiger partial charge on any atom is -0.338 e. The molecule has 7 nitrogen and oxygen atoms in total. The lowest BCUT2D eigenvalue weighted by Crippen LogP contribution is -2.64. The first kappa shape index (κ1) is 26.1. The molecular weight excluding hydrogens is 485 g/mol. The Bertz CT molecular complexity index is 1200. The summed E-state index contributed by atoms with van der Waals surface area (Å²) in [4.78, 5) is 33.7. The van der Waals surface area contributed by atoms with Gasteiger partial charge in [-0.3, -0.25) is 9.59 Å². The van der Waals surface area contributed by atoms with Gasteiger partial charge in [-0.25, -0.2) is 26.9 Å². The van der Waals surface area contributed by atoms with Gasteiger partial charge in [0.2, 0.25) is 5.91 Å². The molecule has 2 aliphatic heterocycles. The molecule has 196 valence electrons. The minimum absolute atomic E-state index is 0.0390. The molecule has 0 spiro atoms. The van der Waals surface area contributed by atoms with E-state index in [1.54, 1.807) is 25.3 Å². The highest BCUT2D eigenvalue weighted by molar-refractivity contribution is 5.98. The molecule has 0 radical (unpaired) electrons. The van der Waals surface area contributed by atoms with Gasteiger partial charge in [-0.1, -0.05) is 20.8 Å². The molecule has 1 aromatic carbocycles. The van der Waals surface area contributed by atoms with Gasteiger partial charge < -0.3 is 19.7 Å². The second-order valence-corrected chi connectivity index (χ2v) is 10.5. The number of imidazole rings is 1. The third-order valence-electron chi connectivity index (χ3n) is 6.42. The van der Waals surface area contributed by atoms with Gasteiger partial charge in [0.05, 0.1) is 24.3 Å². The third kappa shape index (κ3) is 4.95. The van der Waals surface area contributed by atoms with Crippen molar-refractivity contribution in [1.29, 1.82) is 0 Å². The van der Waals surface area contributed by atoms with E-state index < -0.39 is 59.7 Å². The number of amides is 2. The van der Waals surface area contributed by atoms with Gasteiger partial charge in [-0.05, 0) is 31.5 Å². The maximum Gasteiger partial charge on any atom is 0.282 e. The lowest BCUT2D eigenvalue weighted by Gasteiger charge is -2.43. The van der Waals surface area contributed by atoms with E-state index in [4.69, 9.17) is 0 Å². The monoisotopic (exact) mass is 513 g/mol. The van der Waals surface area contributed by atoms with Crippen molar-refractivity contribution < 1.29 is 31.5 Å². The number of carbonyl (C=O) groups excluding carboxylic acids is 2. The van der Waals surface area contributed by atoms with Crippen molar-refractivity contribution >= 4 is 11.8 Å². The molecule has 2 aliphatic rings. The number of nitrogens with one attached hydrogen (secondary N) is 1. The number of rotatable bonds is 4. The van der Waals surface area contributed by atoms with E-state index in [2.05, 4.69) is 10.3 Å². The molecule has 1 aromatic heterocycles. The highest BCUT2D eigenvalue weighted by Crippen LogP contribution is 2.32. The van der Waals surface area contributed by atoms with Crippen LogP contribution in [0.25, 0.3) is 11.4 Å². The van der Waals surface area contributed by atoms with Crippen LogP contribution in [0.1, 0.15) is 43.4 Å². The fourth-order valence-electron chi connectivity index (χ4n) is 4.50. The summed E-state index contributed by atoms with van der Waals surface area (Å²) in [6.45, 7) is 4.89. The average molecular weight is 514 g/mol. The van der Waals surface area contributed by atoms with Gasteiger partial charge in [0.15, 0.2) is 17.3 Å². The zero-order valence-electron chi connectivity index (χ0n) is 20.5. The number of halogens is 5. The maximum atomic E-state index is 14.7. The fourth-order valence-corrected chi connectivity index (χ4v) is 4.50. The van der Waals surface area contributed by atoms with E-state index in [0.29, 0.717) is 37.3 Å². The fraction of sp³-hybridized carbons (Fsp3) is 0.542. The lowest BCUT2D eigenvalue weighted by molar-refractivity contribution is -0.169. The number of alkyl halides is 2. The van der Waals surface area contributed by atoms with Crippen LogP contribution in [0, 0.1) is 22.9 Å². The molecule has 36 heavy (non-hydrogen) atoms. The van der Waals surface area contributed by atoms with Crippen LogP contribution < -0.4 is 5.32 Å². The molecule has 2 aromatic rings. The summed E-state index contributed by atoms with van der Waals surface area (Å²) in [5.41, 5.74) is -0.800. The number of hydrogen-bond acceptors (Lipinski definition) is 4. The quantitative estimate of drug-likeness (QED) is 0.503. The van der Waals surface area contributed by atoms with Crippen molar-refractivity contribution in [3.63, 3.8) is 0 Å². The number of benzene rings is 1. The summed E-state index contributed by atoms with van der Waals surface area (Å²) < 4.78 is 70.5. The van der Waals surface area contributed by atoms with Gasteiger partial charge in [0.25, 0.3) is 11.8 Å². The molecule has 1 N–H and O–H groups in total. The minimum atomic E-state index is -2.96. The molecule has 0 aliphatic carbocycles. The van der Waals surface area contributed by atoms with Crippen LogP contribution in [0.5, 0.6) is 0 Å². The van der Waals surface area contributed by atoms with Crippen molar-refractivity contribution in [3.05, 3.63) is 41.0 Å². The van der Waals surface area contributed by atoms with Gasteiger partial charge in [0.1, 0.15) is 17.7 Å². The first-order valence-electron chi connectivity index (χ1n) is 11.6. The molecule has 4 rings (SSSR count). The van der Waals surface area contributed by atoms with E-state index in [1.807, 2.05) is 11.9 Å². The summed E-state index contributed by atoms with van der Waals surface area (Å²) >= 11 is 0. The van der Waals surface area contributed by atoms with Crippen LogP contribution in [-0.4, -0.2) is 69.8 Å². The van der Waals surface area contributed by atoms with Crippen LogP contribution in [0.4, 0.5) is 22.0 Å². The topological polar surface area (TPSA) is 70.5 Å². The predicted octanol–water partition coefficient (Wildman–Crippen LogP) is 3.42. The zero-order valence-corrected chi connectivity index (χ0v) is 20.5. The first-order chi connectivity index (χ1) is 16.7. The van der Waals surface area contributed by atoms with Gasteiger partial charge in [0, 0.05) is 19.2 Å². The zero-order chi connectivity index (χ0) is 26.6. The van der Waals surface area contributed by atoms with Gasteiger partial charge >= 0.3 is 0 Å². The van der Waals surface area contributed by atoms with Crippen LogP contribution in [-0.2, 0) is 17.9 Å². The van der Waals surface area contributed by atoms with E-state index in [1.165, 1.54) is 0 Å². The van der Waals surface area contributed by atoms with E-state index in [0.717, 1.165) is 4.90 Å². The van der Waals surface area contributed by atoms with Crippen LogP contribution in [0.2, 0.25) is 0 Å². The van der Waals surface area contributed by atoms with Gasteiger partial charge in [-0.15, -0.1) is 0 Å². The first-order valence-corrected chi connectivity index (χ1v) is 11.6.